The van der Waals surface area contributed by atoms with E-state index in [1.165, 1.54) is 4.57 Å². The summed E-state index contributed by atoms with van der Waals surface area (Å²) in [6, 6.07) is 7.09. The van der Waals surface area contributed by atoms with Gasteiger partial charge in [-0.1, -0.05) is 0 Å². The Balaban J connectivity index is 0.00000225. The third kappa shape index (κ3) is 3.59. The molecule has 28 heavy (non-hydrogen) atoms. The van der Waals surface area contributed by atoms with Crippen LogP contribution >= 0.6 is 12.4 Å². The normalized spacial score (nSPS) is 17.9. The Morgan fingerprint density at radius 3 is 2.82 bits per heavy atom. The van der Waals surface area contributed by atoms with Crippen molar-refractivity contribution in [3.05, 3.63) is 51.9 Å². The summed E-state index contributed by atoms with van der Waals surface area (Å²) in [5.41, 5.74) is 6.99. The lowest BCUT2D eigenvalue weighted by molar-refractivity contribution is 0.0675. The molecule has 7 nitrogen and oxygen atoms in total. The standard InChI is InChI=1S/C20H23N3O4.ClH/c1-13-6-8-23(15-4-5-16-17(9-15)27-12-26-16)20(25)18(13)19(24)22-7-2-3-14(10-21)11-22;/h4-6,8-9,14H,2-3,7,10-12,21H2,1H3;1H. The molecule has 2 aromatic rings. The van der Waals surface area contributed by atoms with Gasteiger partial charge in [-0.15, -0.1) is 12.4 Å². The number of pyridine rings is 1. The minimum atomic E-state index is -0.325. The first-order valence-corrected chi connectivity index (χ1v) is 9.20. The maximum atomic E-state index is 13.1. The molecule has 0 aliphatic carbocycles. The highest BCUT2D eigenvalue weighted by molar-refractivity contribution is 5.95. The summed E-state index contributed by atoms with van der Waals surface area (Å²) in [6.07, 6.45) is 3.62. The molecular formula is C20H24ClN3O4. The van der Waals surface area contributed by atoms with Crippen molar-refractivity contribution in [1.82, 2.24) is 9.47 Å². The number of aromatic nitrogens is 1. The number of carbonyl (C=O) groups excluding carboxylic acids is 1. The molecule has 1 aromatic heterocycles. The van der Waals surface area contributed by atoms with Crippen LogP contribution in [0.15, 0.2) is 35.3 Å². The first kappa shape index (κ1) is 20.2. The molecule has 0 radical (unpaired) electrons. The van der Waals surface area contributed by atoms with E-state index in [1.54, 1.807) is 42.3 Å². The van der Waals surface area contributed by atoms with E-state index in [1.807, 2.05) is 0 Å². The molecule has 3 heterocycles. The van der Waals surface area contributed by atoms with E-state index < -0.39 is 0 Å². The van der Waals surface area contributed by atoms with Crippen LogP contribution in [-0.4, -0.2) is 41.8 Å². The third-order valence-electron chi connectivity index (χ3n) is 5.29. The van der Waals surface area contributed by atoms with Crippen molar-refractivity contribution in [1.29, 1.82) is 0 Å². The Morgan fingerprint density at radius 1 is 1.25 bits per heavy atom. The molecule has 1 atom stereocenters. The highest BCUT2D eigenvalue weighted by Crippen LogP contribution is 2.33. The lowest BCUT2D eigenvalue weighted by Crippen LogP contribution is -2.44. The van der Waals surface area contributed by atoms with Crippen molar-refractivity contribution < 1.29 is 14.3 Å². The highest BCUT2D eigenvalue weighted by Gasteiger charge is 2.27. The van der Waals surface area contributed by atoms with E-state index in [2.05, 4.69) is 0 Å². The van der Waals surface area contributed by atoms with Crippen molar-refractivity contribution in [2.24, 2.45) is 11.7 Å². The smallest absolute Gasteiger partial charge is 0.268 e. The van der Waals surface area contributed by atoms with Gasteiger partial charge in [0.2, 0.25) is 6.79 Å². The molecule has 0 bridgehead atoms. The van der Waals surface area contributed by atoms with E-state index >= 15 is 0 Å². The second kappa shape index (κ2) is 8.24. The quantitative estimate of drug-likeness (QED) is 0.845. The number of aryl methyl sites for hydroxylation is 1. The van der Waals surface area contributed by atoms with Crippen LogP contribution < -0.4 is 20.8 Å². The van der Waals surface area contributed by atoms with Gasteiger partial charge in [0.15, 0.2) is 11.5 Å². The predicted octanol–water partition coefficient (Wildman–Crippen LogP) is 2.11. The second-order valence-corrected chi connectivity index (χ2v) is 7.08. The van der Waals surface area contributed by atoms with Gasteiger partial charge in [-0.3, -0.25) is 14.2 Å². The summed E-state index contributed by atoms with van der Waals surface area (Å²) in [5.74, 6) is 1.32. The Kier molecular flexibility index (Phi) is 5.96. The number of nitrogens with two attached hydrogens (primary N) is 1. The Morgan fingerprint density at radius 2 is 2.04 bits per heavy atom. The van der Waals surface area contributed by atoms with Crippen molar-refractivity contribution in [3.8, 4) is 17.2 Å². The minimum absolute atomic E-state index is 0. The molecule has 150 valence electrons. The fourth-order valence-corrected chi connectivity index (χ4v) is 3.73. The SMILES string of the molecule is Cc1ccn(-c2ccc3c(c2)OCO3)c(=O)c1C(=O)N1CCCC(CN)C1.Cl. The molecule has 2 aliphatic heterocycles. The largest absolute Gasteiger partial charge is 0.454 e. The number of halogens is 1. The zero-order valence-corrected chi connectivity index (χ0v) is 16.5. The van der Waals surface area contributed by atoms with E-state index in [0.29, 0.717) is 48.3 Å². The van der Waals surface area contributed by atoms with Crippen molar-refractivity contribution in [2.45, 2.75) is 19.8 Å². The lowest BCUT2D eigenvalue weighted by Gasteiger charge is -2.32. The molecule has 1 amide bonds. The van der Waals surface area contributed by atoms with Crippen LogP contribution in [-0.2, 0) is 0 Å². The van der Waals surface area contributed by atoms with Gasteiger partial charge in [-0.25, -0.2) is 0 Å². The number of amides is 1. The van der Waals surface area contributed by atoms with Crippen LogP contribution in [0, 0.1) is 12.8 Å². The Labute approximate surface area is 169 Å². The highest BCUT2D eigenvalue weighted by atomic mass is 35.5. The van der Waals surface area contributed by atoms with Crippen LogP contribution in [0.3, 0.4) is 0 Å². The van der Waals surface area contributed by atoms with E-state index in [4.69, 9.17) is 15.2 Å². The Bertz CT molecular complexity index is 944. The number of nitrogens with zero attached hydrogens (tertiary/aromatic N) is 2. The summed E-state index contributed by atoms with van der Waals surface area (Å²) in [6.45, 7) is 3.78. The van der Waals surface area contributed by atoms with E-state index in [-0.39, 0.29) is 36.2 Å². The Hall–Kier alpha value is -2.51. The average Bonchev–Trinajstić information content (AvgIpc) is 3.16. The summed E-state index contributed by atoms with van der Waals surface area (Å²) >= 11 is 0. The number of hydrogen-bond acceptors (Lipinski definition) is 5. The average molecular weight is 406 g/mol. The van der Waals surface area contributed by atoms with Gasteiger partial charge < -0.3 is 20.1 Å². The number of carbonyl (C=O) groups is 1. The fraction of sp³-hybridized carbons (Fsp3) is 0.400. The first-order valence-electron chi connectivity index (χ1n) is 9.20. The number of piperidine rings is 1. The van der Waals surface area contributed by atoms with Gasteiger partial charge in [0, 0.05) is 25.4 Å². The van der Waals surface area contributed by atoms with Gasteiger partial charge >= 0.3 is 0 Å². The van der Waals surface area contributed by atoms with Gasteiger partial charge in [-0.2, -0.15) is 0 Å². The van der Waals surface area contributed by atoms with Crippen molar-refractivity contribution in [2.75, 3.05) is 26.4 Å². The molecule has 1 unspecified atom stereocenters. The molecule has 0 spiro atoms. The number of ether oxygens (including phenoxy) is 2. The van der Waals surface area contributed by atoms with Crippen LogP contribution in [0.25, 0.3) is 5.69 Å². The van der Waals surface area contributed by atoms with E-state index in [9.17, 15) is 9.59 Å². The number of fused-ring (bicyclic) bond motifs is 1. The van der Waals surface area contributed by atoms with Crippen LogP contribution in [0.2, 0.25) is 0 Å². The summed E-state index contributed by atoms with van der Waals surface area (Å²) in [7, 11) is 0. The zero-order valence-electron chi connectivity index (χ0n) is 15.7. The molecule has 1 saturated heterocycles. The first-order chi connectivity index (χ1) is 13.1. The fourth-order valence-electron chi connectivity index (χ4n) is 3.73. The number of likely N-dealkylation sites (tertiary alicyclic amines) is 1. The van der Waals surface area contributed by atoms with Gasteiger partial charge in [0.05, 0.1) is 5.69 Å². The predicted molar refractivity (Wildman–Crippen MR) is 108 cm³/mol. The minimum Gasteiger partial charge on any atom is -0.454 e. The van der Waals surface area contributed by atoms with Crippen LogP contribution in [0.4, 0.5) is 0 Å². The maximum Gasteiger partial charge on any atom is 0.268 e. The molecule has 1 aromatic carbocycles. The van der Waals surface area contributed by atoms with Crippen LogP contribution in [0.1, 0.15) is 28.8 Å². The van der Waals surface area contributed by atoms with Crippen molar-refractivity contribution in [3.63, 3.8) is 0 Å². The summed E-state index contributed by atoms with van der Waals surface area (Å²) in [4.78, 5) is 28.0. The third-order valence-corrected chi connectivity index (χ3v) is 5.29. The monoisotopic (exact) mass is 405 g/mol. The van der Waals surface area contributed by atoms with Crippen LogP contribution in [0.5, 0.6) is 11.5 Å². The van der Waals surface area contributed by atoms with Gasteiger partial charge in [-0.05, 0) is 56.0 Å². The molecule has 2 aliphatic rings. The van der Waals surface area contributed by atoms with Gasteiger partial charge in [0.25, 0.3) is 11.5 Å². The number of rotatable bonds is 3. The molecule has 4 rings (SSSR count). The zero-order chi connectivity index (χ0) is 19.0. The lowest BCUT2D eigenvalue weighted by atomic mass is 9.97. The van der Waals surface area contributed by atoms with E-state index in [0.717, 1.165) is 12.8 Å². The van der Waals surface area contributed by atoms with Gasteiger partial charge in [0.1, 0.15) is 5.56 Å². The number of benzene rings is 1. The molecular weight excluding hydrogens is 382 g/mol. The maximum absolute atomic E-state index is 13.1. The molecule has 2 N–H and O–H groups in total. The molecule has 8 heteroatoms. The summed E-state index contributed by atoms with van der Waals surface area (Å²) in [5, 5.41) is 0. The van der Waals surface area contributed by atoms with Crippen molar-refractivity contribution >= 4 is 18.3 Å². The summed E-state index contributed by atoms with van der Waals surface area (Å²) < 4.78 is 12.2. The topological polar surface area (TPSA) is 86.8 Å². The molecule has 1 fully saturated rings. The molecule has 0 saturated carbocycles. The second-order valence-electron chi connectivity index (χ2n) is 7.08. The number of hydrogen-bond donors (Lipinski definition) is 1.